The normalized spacial score (nSPS) is 16.8. The SMILES string of the molecule is COc1ccc(/C(O)=C2/C(=O)C(=O)N(c3ccc(C(=O)OC(C)C)cc3)C2c2ccncc2)cc1C(C)C. The van der Waals surface area contributed by atoms with Gasteiger partial charge in [0.05, 0.1) is 30.4 Å². The van der Waals surface area contributed by atoms with Crippen LogP contribution in [0.2, 0.25) is 0 Å². The van der Waals surface area contributed by atoms with Crippen LogP contribution in [0.1, 0.15) is 66.7 Å². The van der Waals surface area contributed by atoms with E-state index in [2.05, 4.69) is 4.98 Å². The van der Waals surface area contributed by atoms with Gasteiger partial charge in [0.25, 0.3) is 11.7 Å². The zero-order valence-electron chi connectivity index (χ0n) is 22.0. The predicted octanol–water partition coefficient (Wildman–Crippen LogP) is 5.41. The number of hydrogen-bond acceptors (Lipinski definition) is 7. The number of anilines is 1. The first-order valence-electron chi connectivity index (χ1n) is 12.3. The van der Waals surface area contributed by atoms with Crippen molar-refractivity contribution in [2.75, 3.05) is 12.0 Å². The zero-order valence-corrected chi connectivity index (χ0v) is 22.0. The molecule has 0 spiro atoms. The number of ether oxygens (including phenoxy) is 2. The Morgan fingerprint density at radius 2 is 1.58 bits per heavy atom. The molecule has 1 aliphatic heterocycles. The first-order valence-corrected chi connectivity index (χ1v) is 12.3. The van der Waals surface area contributed by atoms with E-state index in [9.17, 15) is 19.5 Å². The molecule has 4 rings (SSSR count). The number of carbonyl (C=O) groups excluding carboxylic acids is 3. The van der Waals surface area contributed by atoms with Crippen molar-refractivity contribution in [1.29, 1.82) is 0 Å². The van der Waals surface area contributed by atoms with Crippen LogP contribution in [0.25, 0.3) is 5.76 Å². The highest BCUT2D eigenvalue weighted by Crippen LogP contribution is 2.42. The Hall–Kier alpha value is -4.46. The second-order valence-electron chi connectivity index (χ2n) is 9.56. The van der Waals surface area contributed by atoms with E-state index in [0.717, 1.165) is 5.56 Å². The second-order valence-corrected chi connectivity index (χ2v) is 9.56. The number of Topliss-reactive ketones (excluding diaryl/α,β-unsaturated/α-hetero) is 1. The molecule has 196 valence electrons. The molecular formula is C30H30N2O6. The van der Waals surface area contributed by atoms with E-state index in [1.54, 1.807) is 87.9 Å². The fourth-order valence-electron chi connectivity index (χ4n) is 4.49. The standard InChI is InChI=1S/C30H30N2O6/c1-17(2)23-16-21(8-11-24(23)37-5)27(33)25-26(19-12-14-31-15-13-19)32(29(35)28(25)34)22-9-6-20(7-10-22)30(36)38-18(3)4/h6-18,26,33H,1-5H3/b27-25-. The Morgan fingerprint density at radius 1 is 0.947 bits per heavy atom. The number of methoxy groups -OCH3 is 1. The van der Waals surface area contributed by atoms with Crippen molar-refractivity contribution < 1.29 is 29.0 Å². The van der Waals surface area contributed by atoms with Crippen molar-refractivity contribution in [2.45, 2.75) is 45.8 Å². The molecule has 0 saturated carbocycles. The van der Waals surface area contributed by atoms with Crippen LogP contribution in [0.4, 0.5) is 5.69 Å². The molecule has 0 bridgehead atoms. The molecule has 1 fully saturated rings. The van der Waals surface area contributed by atoms with Crippen LogP contribution >= 0.6 is 0 Å². The van der Waals surface area contributed by atoms with Crippen molar-refractivity contribution in [3.63, 3.8) is 0 Å². The van der Waals surface area contributed by atoms with Crippen LogP contribution in [0, 0.1) is 0 Å². The van der Waals surface area contributed by atoms with E-state index >= 15 is 0 Å². The summed E-state index contributed by atoms with van der Waals surface area (Å²) in [5.74, 6) is -1.61. The maximum absolute atomic E-state index is 13.4. The van der Waals surface area contributed by atoms with Crippen molar-refractivity contribution in [1.82, 2.24) is 4.98 Å². The summed E-state index contributed by atoms with van der Waals surface area (Å²) >= 11 is 0. The van der Waals surface area contributed by atoms with E-state index < -0.39 is 23.7 Å². The molecule has 2 aromatic carbocycles. The zero-order chi connectivity index (χ0) is 27.6. The van der Waals surface area contributed by atoms with E-state index in [4.69, 9.17) is 9.47 Å². The number of amides is 1. The number of ketones is 1. The molecule has 1 N–H and O–H groups in total. The fourth-order valence-corrected chi connectivity index (χ4v) is 4.49. The number of pyridine rings is 1. The summed E-state index contributed by atoms with van der Waals surface area (Å²) in [5, 5.41) is 11.4. The predicted molar refractivity (Wildman–Crippen MR) is 143 cm³/mol. The van der Waals surface area contributed by atoms with Gasteiger partial charge in [-0.25, -0.2) is 4.79 Å². The molecule has 0 radical (unpaired) electrons. The van der Waals surface area contributed by atoms with Crippen LogP contribution in [-0.2, 0) is 14.3 Å². The van der Waals surface area contributed by atoms with E-state index in [1.165, 1.54) is 4.90 Å². The monoisotopic (exact) mass is 514 g/mol. The van der Waals surface area contributed by atoms with Gasteiger partial charge in [0.15, 0.2) is 0 Å². The molecule has 2 heterocycles. The topological polar surface area (TPSA) is 106 Å². The summed E-state index contributed by atoms with van der Waals surface area (Å²) in [7, 11) is 1.57. The lowest BCUT2D eigenvalue weighted by molar-refractivity contribution is -0.132. The fraction of sp³-hybridized carbons (Fsp3) is 0.267. The maximum Gasteiger partial charge on any atom is 0.338 e. The average Bonchev–Trinajstić information content (AvgIpc) is 3.18. The third-order valence-electron chi connectivity index (χ3n) is 6.32. The maximum atomic E-state index is 13.4. The van der Waals surface area contributed by atoms with Gasteiger partial charge >= 0.3 is 5.97 Å². The van der Waals surface area contributed by atoms with Crippen molar-refractivity contribution in [3.8, 4) is 5.75 Å². The van der Waals surface area contributed by atoms with Gasteiger partial charge in [0.1, 0.15) is 11.5 Å². The molecule has 3 aromatic rings. The van der Waals surface area contributed by atoms with Crippen molar-refractivity contribution in [3.05, 3.63) is 94.8 Å². The first-order chi connectivity index (χ1) is 18.1. The second kappa shape index (κ2) is 10.9. The Balaban J connectivity index is 1.84. The first kappa shape index (κ1) is 26.6. The molecule has 1 aromatic heterocycles. The van der Waals surface area contributed by atoms with Gasteiger partial charge < -0.3 is 14.6 Å². The number of esters is 1. The van der Waals surface area contributed by atoms with Gasteiger partial charge in [0, 0.05) is 23.6 Å². The molecule has 8 heteroatoms. The number of aromatic nitrogens is 1. The molecule has 1 unspecified atom stereocenters. The minimum Gasteiger partial charge on any atom is -0.507 e. The summed E-state index contributed by atoms with van der Waals surface area (Å²) in [6.07, 6.45) is 2.84. The lowest BCUT2D eigenvalue weighted by atomic mass is 9.93. The van der Waals surface area contributed by atoms with Crippen molar-refractivity contribution in [2.24, 2.45) is 0 Å². The molecule has 1 amide bonds. The molecule has 0 aliphatic carbocycles. The highest BCUT2D eigenvalue weighted by atomic mass is 16.5. The van der Waals surface area contributed by atoms with Crippen LogP contribution in [-0.4, -0.2) is 41.0 Å². The number of aliphatic hydroxyl groups is 1. The third kappa shape index (κ3) is 5.02. The minimum absolute atomic E-state index is 0.0376. The number of benzene rings is 2. The van der Waals surface area contributed by atoms with E-state index in [-0.39, 0.29) is 23.4 Å². The van der Waals surface area contributed by atoms with Crippen LogP contribution in [0.5, 0.6) is 5.75 Å². The highest BCUT2D eigenvalue weighted by Gasteiger charge is 2.47. The lowest BCUT2D eigenvalue weighted by Gasteiger charge is -2.25. The number of hydrogen-bond donors (Lipinski definition) is 1. The average molecular weight is 515 g/mol. The molecule has 8 nitrogen and oxygen atoms in total. The lowest BCUT2D eigenvalue weighted by Crippen LogP contribution is -2.29. The van der Waals surface area contributed by atoms with Crippen LogP contribution < -0.4 is 9.64 Å². The Kier molecular flexibility index (Phi) is 7.62. The number of rotatable bonds is 7. The van der Waals surface area contributed by atoms with Crippen LogP contribution in [0.3, 0.4) is 0 Å². The van der Waals surface area contributed by atoms with Gasteiger partial charge in [-0.15, -0.1) is 0 Å². The Morgan fingerprint density at radius 3 is 2.16 bits per heavy atom. The summed E-state index contributed by atoms with van der Waals surface area (Å²) in [4.78, 5) is 44.5. The van der Waals surface area contributed by atoms with Crippen LogP contribution in [0.15, 0.2) is 72.6 Å². The Bertz CT molecular complexity index is 1390. The molecule has 1 aliphatic rings. The summed E-state index contributed by atoms with van der Waals surface area (Å²) in [6, 6.07) is 13.9. The van der Waals surface area contributed by atoms with Crippen molar-refractivity contribution >= 4 is 29.1 Å². The van der Waals surface area contributed by atoms with Gasteiger partial charge in [-0.05, 0) is 85.5 Å². The Labute approximate surface area is 221 Å². The number of nitrogens with zero attached hydrogens (tertiary/aromatic N) is 2. The largest absolute Gasteiger partial charge is 0.507 e. The highest BCUT2D eigenvalue weighted by molar-refractivity contribution is 6.51. The van der Waals surface area contributed by atoms with Gasteiger partial charge in [-0.2, -0.15) is 0 Å². The summed E-state index contributed by atoms with van der Waals surface area (Å²) in [6.45, 7) is 7.51. The van der Waals surface area contributed by atoms with E-state index in [0.29, 0.717) is 28.1 Å². The number of carbonyl (C=O) groups is 3. The third-order valence-corrected chi connectivity index (χ3v) is 6.32. The molecule has 1 atom stereocenters. The smallest absolute Gasteiger partial charge is 0.338 e. The van der Waals surface area contributed by atoms with Gasteiger partial charge in [0.2, 0.25) is 0 Å². The quantitative estimate of drug-likeness (QED) is 0.195. The number of aliphatic hydroxyl groups excluding tert-OH is 1. The summed E-state index contributed by atoms with van der Waals surface area (Å²) in [5.41, 5.74) is 2.53. The minimum atomic E-state index is -0.906. The summed E-state index contributed by atoms with van der Waals surface area (Å²) < 4.78 is 10.7. The van der Waals surface area contributed by atoms with Gasteiger partial charge in [-0.1, -0.05) is 13.8 Å². The van der Waals surface area contributed by atoms with E-state index in [1.807, 2.05) is 13.8 Å². The van der Waals surface area contributed by atoms with Gasteiger partial charge in [-0.3, -0.25) is 19.5 Å². The molecular weight excluding hydrogens is 484 g/mol. The molecule has 1 saturated heterocycles. The molecule has 38 heavy (non-hydrogen) atoms.